The molecule has 1 N–H and O–H groups in total. The topological polar surface area (TPSA) is 73.0 Å². The SMILES string of the molecule is Cc1nn(-c2ccccc2)c(C)c1CNC(=O)c1c(-c2ccccc2)noc1C. The maximum Gasteiger partial charge on any atom is 0.257 e. The van der Waals surface area contributed by atoms with Crippen LogP contribution in [0.15, 0.2) is 65.2 Å². The van der Waals surface area contributed by atoms with Gasteiger partial charge in [-0.2, -0.15) is 5.10 Å². The fraction of sp³-hybridized carbons (Fsp3) is 0.174. The predicted molar refractivity (Wildman–Crippen MR) is 111 cm³/mol. The van der Waals surface area contributed by atoms with Gasteiger partial charge in [0.15, 0.2) is 0 Å². The number of rotatable bonds is 5. The minimum Gasteiger partial charge on any atom is -0.360 e. The van der Waals surface area contributed by atoms with Gasteiger partial charge in [0.2, 0.25) is 0 Å². The first-order valence-electron chi connectivity index (χ1n) is 9.46. The quantitative estimate of drug-likeness (QED) is 0.552. The van der Waals surface area contributed by atoms with Crippen molar-refractivity contribution in [2.45, 2.75) is 27.3 Å². The number of benzene rings is 2. The Balaban J connectivity index is 1.58. The van der Waals surface area contributed by atoms with Crippen LogP contribution in [0.1, 0.15) is 33.1 Å². The van der Waals surface area contributed by atoms with E-state index in [2.05, 4.69) is 15.6 Å². The molecule has 0 saturated carbocycles. The highest BCUT2D eigenvalue weighted by Gasteiger charge is 2.22. The predicted octanol–water partition coefficient (Wildman–Crippen LogP) is 4.38. The molecule has 4 rings (SSSR count). The maximum absolute atomic E-state index is 13.0. The van der Waals surface area contributed by atoms with E-state index in [1.165, 1.54) is 0 Å². The van der Waals surface area contributed by atoms with Crippen LogP contribution in [0.25, 0.3) is 16.9 Å². The van der Waals surface area contributed by atoms with Gasteiger partial charge in [0.1, 0.15) is 17.0 Å². The Kier molecular flexibility index (Phi) is 4.99. The van der Waals surface area contributed by atoms with Crippen LogP contribution in [0.3, 0.4) is 0 Å². The van der Waals surface area contributed by atoms with E-state index in [1.54, 1.807) is 6.92 Å². The third-order valence-corrected chi connectivity index (χ3v) is 5.00. The van der Waals surface area contributed by atoms with Crippen molar-refractivity contribution in [2.24, 2.45) is 0 Å². The third kappa shape index (κ3) is 3.57. The van der Waals surface area contributed by atoms with E-state index in [9.17, 15) is 4.79 Å². The van der Waals surface area contributed by atoms with Crippen LogP contribution in [0.2, 0.25) is 0 Å². The van der Waals surface area contributed by atoms with E-state index in [4.69, 9.17) is 4.52 Å². The van der Waals surface area contributed by atoms with Crippen LogP contribution in [-0.4, -0.2) is 20.8 Å². The van der Waals surface area contributed by atoms with Crippen molar-refractivity contribution >= 4 is 5.91 Å². The lowest BCUT2D eigenvalue weighted by Gasteiger charge is -2.08. The van der Waals surface area contributed by atoms with Gasteiger partial charge < -0.3 is 9.84 Å². The number of carbonyl (C=O) groups excluding carboxylic acids is 1. The van der Waals surface area contributed by atoms with Gasteiger partial charge in [-0.3, -0.25) is 4.79 Å². The molecular weight excluding hydrogens is 364 g/mol. The normalized spacial score (nSPS) is 10.9. The second-order valence-corrected chi connectivity index (χ2v) is 6.91. The molecule has 0 fully saturated rings. The third-order valence-electron chi connectivity index (χ3n) is 5.00. The van der Waals surface area contributed by atoms with E-state index in [0.717, 1.165) is 28.2 Å². The first-order chi connectivity index (χ1) is 14.1. The van der Waals surface area contributed by atoms with Crippen LogP contribution in [0.5, 0.6) is 0 Å². The molecule has 2 aromatic heterocycles. The Bertz CT molecular complexity index is 1140. The van der Waals surface area contributed by atoms with E-state index >= 15 is 0 Å². The van der Waals surface area contributed by atoms with Gasteiger partial charge in [0, 0.05) is 23.4 Å². The van der Waals surface area contributed by atoms with E-state index in [1.807, 2.05) is 79.2 Å². The second kappa shape index (κ2) is 7.75. The minimum atomic E-state index is -0.214. The van der Waals surface area contributed by atoms with E-state index in [0.29, 0.717) is 23.6 Å². The van der Waals surface area contributed by atoms with Crippen molar-refractivity contribution in [1.29, 1.82) is 0 Å². The molecule has 6 heteroatoms. The number of carbonyl (C=O) groups is 1. The molecule has 0 saturated heterocycles. The zero-order valence-corrected chi connectivity index (χ0v) is 16.6. The highest BCUT2D eigenvalue weighted by molar-refractivity contribution is 6.00. The van der Waals surface area contributed by atoms with Crippen LogP contribution < -0.4 is 5.32 Å². The summed E-state index contributed by atoms with van der Waals surface area (Å²) in [5.41, 5.74) is 5.73. The highest BCUT2D eigenvalue weighted by atomic mass is 16.5. The maximum atomic E-state index is 13.0. The summed E-state index contributed by atoms with van der Waals surface area (Å²) in [6.07, 6.45) is 0. The number of nitrogens with one attached hydrogen (secondary N) is 1. The lowest BCUT2D eigenvalue weighted by Crippen LogP contribution is -2.24. The summed E-state index contributed by atoms with van der Waals surface area (Å²) in [6, 6.07) is 19.5. The van der Waals surface area contributed by atoms with Gasteiger partial charge in [-0.15, -0.1) is 0 Å². The Labute approximate surface area is 169 Å². The molecule has 0 unspecified atom stereocenters. The molecule has 2 heterocycles. The fourth-order valence-corrected chi connectivity index (χ4v) is 3.44. The summed E-state index contributed by atoms with van der Waals surface area (Å²) < 4.78 is 7.21. The molecule has 1 amide bonds. The van der Waals surface area contributed by atoms with Gasteiger partial charge in [0.25, 0.3) is 5.91 Å². The number of aromatic nitrogens is 3. The highest BCUT2D eigenvalue weighted by Crippen LogP contribution is 2.25. The van der Waals surface area contributed by atoms with E-state index < -0.39 is 0 Å². The summed E-state index contributed by atoms with van der Waals surface area (Å²) in [5.74, 6) is 0.281. The molecule has 0 spiro atoms. The van der Waals surface area contributed by atoms with Gasteiger partial charge >= 0.3 is 0 Å². The Morgan fingerprint density at radius 1 is 1.00 bits per heavy atom. The minimum absolute atomic E-state index is 0.214. The van der Waals surface area contributed by atoms with Gasteiger partial charge in [-0.25, -0.2) is 4.68 Å². The summed E-state index contributed by atoms with van der Waals surface area (Å²) >= 11 is 0. The molecule has 4 aromatic rings. The number of nitrogens with zero attached hydrogens (tertiary/aromatic N) is 3. The van der Waals surface area contributed by atoms with Gasteiger partial charge in [0.05, 0.1) is 11.4 Å². The smallest absolute Gasteiger partial charge is 0.257 e. The van der Waals surface area contributed by atoms with Crippen molar-refractivity contribution in [3.63, 3.8) is 0 Å². The monoisotopic (exact) mass is 386 g/mol. The van der Waals surface area contributed by atoms with E-state index in [-0.39, 0.29) is 5.91 Å². The Morgan fingerprint density at radius 2 is 1.66 bits per heavy atom. The molecule has 146 valence electrons. The standard InChI is InChI=1S/C23H22N4O2/c1-15-20(16(2)27(25-15)19-12-8-5-9-13-19)14-24-23(28)21-17(3)29-26-22(21)18-10-6-4-7-11-18/h4-13H,14H2,1-3H3,(H,24,28). The fourth-order valence-electron chi connectivity index (χ4n) is 3.44. The molecule has 0 aliphatic rings. The lowest BCUT2D eigenvalue weighted by molar-refractivity contribution is 0.0950. The molecule has 0 bridgehead atoms. The lowest BCUT2D eigenvalue weighted by atomic mass is 10.1. The Hall–Kier alpha value is -3.67. The largest absolute Gasteiger partial charge is 0.360 e. The number of hydrogen-bond acceptors (Lipinski definition) is 4. The summed E-state index contributed by atoms with van der Waals surface area (Å²) in [4.78, 5) is 13.0. The molecule has 0 atom stereocenters. The number of hydrogen-bond donors (Lipinski definition) is 1. The van der Waals surface area contributed by atoms with Crippen molar-refractivity contribution in [3.05, 3.63) is 88.9 Å². The zero-order chi connectivity index (χ0) is 20.4. The van der Waals surface area contributed by atoms with Crippen LogP contribution >= 0.6 is 0 Å². The van der Waals surface area contributed by atoms with Crippen molar-refractivity contribution < 1.29 is 9.32 Å². The van der Waals surface area contributed by atoms with Crippen LogP contribution in [-0.2, 0) is 6.54 Å². The molecular formula is C23H22N4O2. The summed E-state index contributed by atoms with van der Waals surface area (Å²) in [5, 5.41) is 11.7. The van der Waals surface area contributed by atoms with Gasteiger partial charge in [-0.05, 0) is 32.9 Å². The molecule has 0 radical (unpaired) electrons. The van der Waals surface area contributed by atoms with Crippen LogP contribution in [0, 0.1) is 20.8 Å². The second-order valence-electron chi connectivity index (χ2n) is 6.91. The van der Waals surface area contributed by atoms with Gasteiger partial charge in [-0.1, -0.05) is 53.7 Å². The zero-order valence-electron chi connectivity index (χ0n) is 16.6. The van der Waals surface area contributed by atoms with Crippen molar-refractivity contribution in [3.8, 4) is 16.9 Å². The molecule has 0 aliphatic carbocycles. The van der Waals surface area contributed by atoms with Crippen LogP contribution in [0.4, 0.5) is 0 Å². The number of para-hydroxylation sites is 1. The Morgan fingerprint density at radius 3 is 2.34 bits per heavy atom. The van der Waals surface area contributed by atoms with Crippen molar-refractivity contribution in [2.75, 3.05) is 0 Å². The number of amides is 1. The average molecular weight is 386 g/mol. The molecule has 6 nitrogen and oxygen atoms in total. The number of aryl methyl sites for hydroxylation is 2. The molecule has 2 aromatic carbocycles. The molecule has 29 heavy (non-hydrogen) atoms. The summed E-state index contributed by atoms with van der Waals surface area (Å²) in [7, 11) is 0. The first-order valence-corrected chi connectivity index (χ1v) is 9.46. The molecule has 0 aliphatic heterocycles. The average Bonchev–Trinajstić information content (AvgIpc) is 3.27. The van der Waals surface area contributed by atoms with Crippen molar-refractivity contribution in [1.82, 2.24) is 20.3 Å². The summed E-state index contributed by atoms with van der Waals surface area (Å²) in [6.45, 7) is 6.09. The first kappa shape index (κ1) is 18.7.